The normalized spacial score (nSPS) is 21.9. The van der Waals surface area contributed by atoms with Crippen LogP contribution < -0.4 is 5.32 Å². The molecule has 134 valence electrons. The Morgan fingerprint density at radius 3 is 2.83 bits per heavy atom. The zero-order valence-electron chi connectivity index (χ0n) is 14.7. The molecule has 0 aromatic carbocycles. The van der Waals surface area contributed by atoms with E-state index in [0.29, 0.717) is 6.10 Å². The third-order valence-electron chi connectivity index (χ3n) is 5.39. The largest absolute Gasteiger partial charge is 0.378 e. The Bertz CT molecular complexity index is 506. The van der Waals surface area contributed by atoms with Gasteiger partial charge in [0.15, 0.2) is 0 Å². The molecule has 1 aromatic heterocycles. The van der Waals surface area contributed by atoms with Gasteiger partial charge < -0.3 is 10.1 Å². The van der Waals surface area contributed by atoms with Crippen molar-refractivity contribution in [2.45, 2.75) is 82.7 Å². The van der Waals surface area contributed by atoms with Gasteiger partial charge in [0, 0.05) is 24.4 Å². The van der Waals surface area contributed by atoms with Crippen LogP contribution in [0.25, 0.3) is 0 Å². The topological polar surface area (TPSA) is 67.0 Å². The number of rotatable bonds is 7. The molecular weight excluding hydrogens is 302 g/mol. The van der Waals surface area contributed by atoms with Crippen molar-refractivity contribution in [2.75, 3.05) is 13.2 Å². The van der Waals surface area contributed by atoms with Crippen molar-refractivity contribution < 1.29 is 9.53 Å². The number of hydrogen-bond donors (Lipinski definition) is 2. The Morgan fingerprint density at radius 1 is 1.17 bits per heavy atom. The number of ether oxygens (including phenoxy) is 1. The summed E-state index contributed by atoms with van der Waals surface area (Å²) in [4.78, 5) is 12.4. The lowest BCUT2D eigenvalue weighted by Crippen LogP contribution is -2.32. The minimum Gasteiger partial charge on any atom is -0.378 e. The molecule has 5 nitrogen and oxygen atoms in total. The molecule has 0 saturated heterocycles. The number of hydrogen-bond acceptors (Lipinski definition) is 3. The summed E-state index contributed by atoms with van der Waals surface area (Å²) in [5.41, 5.74) is 2.23. The number of H-pyrrole nitrogens is 1. The molecule has 2 aliphatic carbocycles. The highest BCUT2D eigenvalue weighted by Gasteiger charge is 2.27. The first-order valence-electron chi connectivity index (χ1n) is 9.76. The molecule has 2 N–H and O–H groups in total. The molecule has 1 heterocycles. The summed E-state index contributed by atoms with van der Waals surface area (Å²) < 4.78 is 6.00. The Kier molecular flexibility index (Phi) is 6.70. The molecule has 0 spiro atoms. The van der Waals surface area contributed by atoms with Crippen LogP contribution in [-0.4, -0.2) is 35.4 Å². The maximum absolute atomic E-state index is 12.4. The van der Waals surface area contributed by atoms with Gasteiger partial charge in [-0.2, -0.15) is 5.10 Å². The predicted molar refractivity (Wildman–Crippen MR) is 94.0 cm³/mol. The first-order chi connectivity index (χ1) is 11.8. The van der Waals surface area contributed by atoms with Gasteiger partial charge in [0.1, 0.15) is 0 Å². The summed E-state index contributed by atoms with van der Waals surface area (Å²) in [5.74, 6) is 0.136. The zero-order valence-corrected chi connectivity index (χ0v) is 14.7. The van der Waals surface area contributed by atoms with Crippen molar-refractivity contribution >= 4 is 5.91 Å². The molecule has 2 aliphatic rings. The highest BCUT2D eigenvalue weighted by Crippen LogP contribution is 2.30. The van der Waals surface area contributed by atoms with Crippen molar-refractivity contribution in [2.24, 2.45) is 0 Å². The van der Waals surface area contributed by atoms with Crippen LogP contribution in [0, 0.1) is 0 Å². The van der Waals surface area contributed by atoms with E-state index in [9.17, 15) is 4.79 Å². The molecular formula is C19H31N3O2. The van der Waals surface area contributed by atoms with Crippen LogP contribution in [0.3, 0.4) is 0 Å². The molecule has 3 rings (SSSR count). The number of amides is 1. The minimum atomic E-state index is -0.0188. The second-order valence-corrected chi connectivity index (χ2v) is 7.23. The van der Waals surface area contributed by atoms with E-state index in [0.717, 1.165) is 56.5 Å². The van der Waals surface area contributed by atoms with Gasteiger partial charge in [-0.1, -0.05) is 25.7 Å². The van der Waals surface area contributed by atoms with Crippen molar-refractivity contribution in [3.8, 4) is 0 Å². The van der Waals surface area contributed by atoms with Crippen molar-refractivity contribution in [3.05, 3.63) is 17.5 Å². The quantitative estimate of drug-likeness (QED) is 0.593. The lowest BCUT2D eigenvalue weighted by molar-refractivity contribution is -0.122. The molecule has 1 saturated carbocycles. The average Bonchev–Trinajstić information content (AvgIpc) is 2.93. The van der Waals surface area contributed by atoms with E-state index < -0.39 is 0 Å². The molecule has 5 heteroatoms. The number of carbonyl (C=O) groups is 1. The first kappa shape index (κ1) is 17.5. The number of aromatic amines is 1. The Labute approximate surface area is 144 Å². The maximum atomic E-state index is 12.4. The second kappa shape index (κ2) is 9.21. The molecule has 0 aliphatic heterocycles. The summed E-state index contributed by atoms with van der Waals surface area (Å²) in [6.45, 7) is 1.58. The molecule has 0 bridgehead atoms. The molecule has 1 unspecified atom stereocenters. The van der Waals surface area contributed by atoms with Gasteiger partial charge in [-0.15, -0.1) is 0 Å². The van der Waals surface area contributed by atoms with Crippen molar-refractivity contribution in [1.82, 2.24) is 15.5 Å². The number of carbonyl (C=O) groups excluding carboxylic acids is 1. The van der Waals surface area contributed by atoms with Gasteiger partial charge in [-0.05, 0) is 44.9 Å². The Morgan fingerprint density at radius 2 is 2.00 bits per heavy atom. The van der Waals surface area contributed by atoms with E-state index >= 15 is 0 Å². The van der Waals surface area contributed by atoms with E-state index in [-0.39, 0.29) is 11.8 Å². The van der Waals surface area contributed by atoms with Crippen LogP contribution >= 0.6 is 0 Å². The first-order valence-corrected chi connectivity index (χ1v) is 9.76. The standard InChI is InChI=1S/C19H31N3O2/c23-19(16-10-7-11-18-17(16)14-21-22-18)20-12-5-6-13-24-15-8-3-1-2-4-9-15/h14-16H,1-13H2,(H,20,23)(H,21,22). The number of unbranched alkanes of at least 4 members (excludes halogenated alkanes) is 1. The molecule has 0 radical (unpaired) electrons. The molecule has 24 heavy (non-hydrogen) atoms. The number of nitrogens with one attached hydrogen (secondary N) is 2. The van der Waals surface area contributed by atoms with Gasteiger partial charge >= 0.3 is 0 Å². The lowest BCUT2D eigenvalue weighted by atomic mass is 9.86. The third-order valence-corrected chi connectivity index (χ3v) is 5.39. The van der Waals surface area contributed by atoms with Crippen LogP contribution in [0.15, 0.2) is 6.20 Å². The van der Waals surface area contributed by atoms with E-state index in [2.05, 4.69) is 15.5 Å². The second-order valence-electron chi connectivity index (χ2n) is 7.23. The van der Waals surface area contributed by atoms with E-state index in [1.165, 1.54) is 38.5 Å². The van der Waals surface area contributed by atoms with Gasteiger partial charge in [-0.3, -0.25) is 9.89 Å². The number of nitrogens with zero attached hydrogens (tertiary/aromatic N) is 1. The minimum absolute atomic E-state index is 0.0188. The van der Waals surface area contributed by atoms with E-state index in [1.54, 1.807) is 0 Å². The van der Waals surface area contributed by atoms with Crippen LogP contribution in [-0.2, 0) is 16.0 Å². The SMILES string of the molecule is O=C(NCCCCOC1CCCCCC1)C1CCCc2[nH]ncc21. The maximum Gasteiger partial charge on any atom is 0.227 e. The van der Waals surface area contributed by atoms with Crippen LogP contribution in [0.2, 0.25) is 0 Å². The summed E-state index contributed by atoms with van der Waals surface area (Å²) in [7, 11) is 0. The summed E-state index contributed by atoms with van der Waals surface area (Å²) >= 11 is 0. The van der Waals surface area contributed by atoms with Crippen LogP contribution in [0.4, 0.5) is 0 Å². The smallest absolute Gasteiger partial charge is 0.227 e. The summed E-state index contributed by atoms with van der Waals surface area (Å²) in [6, 6.07) is 0. The molecule has 1 amide bonds. The Hall–Kier alpha value is -1.36. The molecule has 1 fully saturated rings. The van der Waals surface area contributed by atoms with Crippen molar-refractivity contribution in [1.29, 1.82) is 0 Å². The number of aryl methyl sites for hydroxylation is 1. The predicted octanol–water partition coefficient (Wildman–Crippen LogP) is 3.47. The summed E-state index contributed by atoms with van der Waals surface area (Å²) in [5, 5.41) is 10.2. The van der Waals surface area contributed by atoms with Gasteiger partial charge in [0.05, 0.1) is 18.2 Å². The van der Waals surface area contributed by atoms with Gasteiger partial charge in [0.25, 0.3) is 0 Å². The average molecular weight is 333 g/mol. The fraction of sp³-hybridized carbons (Fsp3) is 0.789. The lowest BCUT2D eigenvalue weighted by Gasteiger charge is -2.21. The monoisotopic (exact) mass is 333 g/mol. The Balaban J connectivity index is 1.29. The highest BCUT2D eigenvalue weighted by molar-refractivity contribution is 5.84. The van der Waals surface area contributed by atoms with Crippen LogP contribution in [0.1, 0.15) is 81.4 Å². The number of aromatic nitrogens is 2. The van der Waals surface area contributed by atoms with Crippen LogP contribution in [0.5, 0.6) is 0 Å². The van der Waals surface area contributed by atoms with Gasteiger partial charge in [0.2, 0.25) is 5.91 Å². The summed E-state index contributed by atoms with van der Waals surface area (Å²) in [6.07, 6.45) is 15.1. The fourth-order valence-corrected chi connectivity index (χ4v) is 3.95. The molecule has 1 atom stereocenters. The van der Waals surface area contributed by atoms with Gasteiger partial charge in [-0.25, -0.2) is 0 Å². The van der Waals surface area contributed by atoms with Crippen molar-refractivity contribution in [3.63, 3.8) is 0 Å². The zero-order chi connectivity index (χ0) is 16.6. The number of fused-ring (bicyclic) bond motifs is 1. The molecule has 1 aromatic rings. The highest BCUT2D eigenvalue weighted by atomic mass is 16.5. The fourth-order valence-electron chi connectivity index (χ4n) is 3.95. The van der Waals surface area contributed by atoms with E-state index in [1.807, 2.05) is 6.20 Å². The van der Waals surface area contributed by atoms with E-state index in [4.69, 9.17) is 4.74 Å². The third kappa shape index (κ3) is 4.82.